The lowest BCUT2D eigenvalue weighted by Crippen LogP contribution is -2.20. The highest BCUT2D eigenvalue weighted by molar-refractivity contribution is 5.13. The summed E-state index contributed by atoms with van der Waals surface area (Å²) in [6.07, 6.45) is 14.3. The predicted octanol–water partition coefficient (Wildman–Crippen LogP) is 5.42. The van der Waals surface area contributed by atoms with Crippen molar-refractivity contribution in [2.24, 2.45) is 0 Å². The SMILES string of the molecule is C=CCCCCCCCCC1CC(C)=C(C)CO1. The fourth-order valence-corrected chi connectivity index (χ4v) is 2.49. The molecule has 0 radical (unpaired) electrons. The topological polar surface area (TPSA) is 9.23 Å². The second-order valence-electron chi connectivity index (χ2n) is 5.69. The first-order valence-corrected chi connectivity index (χ1v) is 7.61. The van der Waals surface area contributed by atoms with Gasteiger partial charge in [-0.3, -0.25) is 0 Å². The van der Waals surface area contributed by atoms with E-state index in [4.69, 9.17) is 4.74 Å². The fraction of sp³-hybridized carbons (Fsp3) is 0.765. The van der Waals surface area contributed by atoms with Gasteiger partial charge in [0.05, 0.1) is 12.7 Å². The molecule has 0 saturated heterocycles. The molecule has 0 aromatic heterocycles. The Labute approximate surface area is 113 Å². The van der Waals surface area contributed by atoms with E-state index in [2.05, 4.69) is 20.4 Å². The number of rotatable bonds is 9. The minimum atomic E-state index is 0.495. The number of hydrogen-bond donors (Lipinski definition) is 0. The van der Waals surface area contributed by atoms with E-state index in [1.165, 1.54) is 56.9 Å². The molecule has 104 valence electrons. The zero-order valence-electron chi connectivity index (χ0n) is 12.3. The van der Waals surface area contributed by atoms with Crippen molar-refractivity contribution in [1.29, 1.82) is 0 Å². The molecule has 0 aliphatic carbocycles. The normalized spacial score (nSPS) is 20.2. The van der Waals surface area contributed by atoms with Crippen molar-refractivity contribution in [3.63, 3.8) is 0 Å². The van der Waals surface area contributed by atoms with Crippen molar-refractivity contribution >= 4 is 0 Å². The van der Waals surface area contributed by atoms with Gasteiger partial charge >= 0.3 is 0 Å². The zero-order chi connectivity index (χ0) is 13.2. The average molecular weight is 250 g/mol. The Morgan fingerprint density at radius 1 is 1.06 bits per heavy atom. The molecule has 1 aliphatic rings. The van der Waals surface area contributed by atoms with Crippen LogP contribution < -0.4 is 0 Å². The van der Waals surface area contributed by atoms with Crippen LogP contribution in [0.2, 0.25) is 0 Å². The Bertz CT molecular complexity index is 265. The Balaban J connectivity index is 1.94. The second-order valence-corrected chi connectivity index (χ2v) is 5.69. The summed E-state index contributed by atoms with van der Waals surface area (Å²) in [6.45, 7) is 9.06. The van der Waals surface area contributed by atoms with Crippen molar-refractivity contribution in [3.05, 3.63) is 23.8 Å². The highest BCUT2D eigenvalue weighted by Crippen LogP contribution is 2.23. The van der Waals surface area contributed by atoms with E-state index >= 15 is 0 Å². The van der Waals surface area contributed by atoms with Crippen LogP contribution in [0.5, 0.6) is 0 Å². The van der Waals surface area contributed by atoms with Crippen LogP contribution in [-0.2, 0) is 4.74 Å². The number of allylic oxidation sites excluding steroid dienone is 1. The van der Waals surface area contributed by atoms with Crippen LogP contribution in [0.3, 0.4) is 0 Å². The molecule has 1 heterocycles. The summed E-state index contributed by atoms with van der Waals surface area (Å²) in [5, 5.41) is 0. The number of unbranched alkanes of at least 4 members (excludes halogenated alkanes) is 6. The molecule has 1 atom stereocenters. The lowest BCUT2D eigenvalue weighted by Gasteiger charge is -2.25. The Morgan fingerprint density at radius 2 is 1.72 bits per heavy atom. The first kappa shape index (κ1) is 15.5. The molecule has 1 heteroatoms. The molecule has 0 N–H and O–H groups in total. The van der Waals surface area contributed by atoms with Gasteiger partial charge in [0.1, 0.15) is 0 Å². The van der Waals surface area contributed by atoms with Gasteiger partial charge in [0.2, 0.25) is 0 Å². The van der Waals surface area contributed by atoms with E-state index in [-0.39, 0.29) is 0 Å². The first-order chi connectivity index (χ1) is 8.74. The van der Waals surface area contributed by atoms with Gasteiger partial charge in [-0.25, -0.2) is 0 Å². The van der Waals surface area contributed by atoms with Gasteiger partial charge in [0.25, 0.3) is 0 Å². The summed E-state index contributed by atoms with van der Waals surface area (Å²) in [6, 6.07) is 0. The maximum atomic E-state index is 5.85. The van der Waals surface area contributed by atoms with Gasteiger partial charge in [0.15, 0.2) is 0 Å². The van der Waals surface area contributed by atoms with Gasteiger partial charge in [-0.05, 0) is 45.1 Å². The molecular weight excluding hydrogens is 220 g/mol. The Morgan fingerprint density at radius 3 is 2.39 bits per heavy atom. The van der Waals surface area contributed by atoms with E-state index in [1.54, 1.807) is 5.57 Å². The molecule has 1 nitrogen and oxygen atoms in total. The van der Waals surface area contributed by atoms with Crippen LogP contribution in [0.25, 0.3) is 0 Å². The molecule has 0 fully saturated rings. The number of hydrogen-bond acceptors (Lipinski definition) is 1. The Kier molecular flexibility index (Phi) is 8.08. The van der Waals surface area contributed by atoms with Crippen LogP contribution >= 0.6 is 0 Å². The third kappa shape index (κ3) is 6.39. The minimum Gasteiger partial charge on any atom is -0.374 e. The van der Waals surface area contributed by atoms with Crippen LogP contribution in [0.4, 0.5) is 0 Å². The van der Waals surface area contributed by atoms with Crippen molar-refractivity contribution < 1.29 is 4.74 Å². The van der Waals surface area contributed by atoms with Gasteiger partial charge in [-0.15, -0.1) is 6.58 Å². The summed E-state index contributed by atoms with van der Waals surface area (Å²) >= 11 is 0. The summed E-state index contributed by atoms with van der Waals surface area (Å²) in [5.41, 5.74) is 2.99. The molecule has 1 aliphatic heterocycles. The third-order valence-electron chi connectivity index (χ3n) is 3.98. The maximum Gasteiger partial charge on any atom is 0.0680 e. The van der Waals surface area contributed by atoms with Crippen LogP contribution in [0.15, 0.2) is 23.8 Å². The number of ether oxygens (including phenoxy) is 1. The molecule has 0 saturated carbocycles. The minimum absolute atomic E-state index is 0.495. The van der Waals surface area contributed by atoms with Gasteiger partial charge in [0, 0.05) is 0 Å². The molecule has 0 amide bonds. The van der Waals surface area contributed by atoms with Crippen LogP contribution in [-0.4, -0.2) is 12.7 Å². The van der Waals surface area contributed by atoms with Crippen LogP contribution in [0.1, 0.15) is 71.6 Å². The summed E-state index contributed by atoms with van der Waals surface area (Å²) in [5.74, 6) is 0. The predicted molar refractivity (Wildman–Crippen MR) is 79.9 cm³/mol. The second kappa shape index (κ2) is 9.38. The monoisotopic (exact) mass is 250 g/mol. The van der Waals surface area contributed by atoms with Gasteiger partial charge < -0.3 is 4.74 Å². The summed E-state index contributed by atoms with van der Waals surface area (Å²) in [7, 11) is 0. The standard InChI is InChI=1S/C17H30O/c1-4-5-6-7-8-9-10-11-12-17-13-15(2)16(3)14-18-17/h4,17H,1,5-14H2,2-3H3. The zero-order valence-corrected chi connectivity index (χ0v) is 12.3. The van der Waals surface area contributed by atoms with E-state index < -0.39 is 0 Å². The molecule has 1 unspecified atom stereocenters. The summed E-state index contributed by atoms with van der Waals surface area (Å²) < 4.78 is 5.85. The molecule has 0 spiro atoms. The molecule has 0 aromatic carbocycles. The molecule has 1 rings (SSSR count). The third-order valence-corrected chi connectivity index (χ3v) is 3.98. The van der Waals surface area contributed by atoms with Crippen molar-refractivity contribution in [1.82, 2.24) is 0 Å². The highest BCUT2D eigenvalue weighted by Gasteiger charge is 2.16. The fourth-order valence-electron chi connectivity index (χ4n) is 2.49. The van der Waals surface area contributed by atoms with E-state index in [1.807, 2.05) is 6.08 Å². The van der Waals surface area contributed by atoms with Crippen molar-refractivity contribution in [2.45, 2.75) is 77.7 Å². The van der Waals surface area contributed by atoms with Gasteiger partial charge in [-0.2, -0.15) is 0 Å². The van der Waals surface area contributed by atoms with E-state index in [0.717, 1.165) is 13.0 Å². The van der Waals surface area contributed by atoms with Gasteiger partial charge in [-0.1, -0.05) is 43.8 Å². The molecule has 0 bridgehead atoms. The molecule has 0 aromatic rings. The smallest absolute Gasteiger partial charge is 0.0680 e. The first-order valence-electron chi connectivity index (χ1n) is 7.61. The molecule has 18 heavy (non-hydrogen) atoms. The summed E-state index contributed by atoms with van der Waals surface area (Å²) in [4.78, 5) is 0. The van der Waals surface area contributed by atoms with E-state index in [0.29, 0.717) is 6.10 Å². The Hall–Kier alpha value is -0.560. The van der Waals surface area contributed by atoms with Crippen molar-refractivity contribution in [2.75, 3.05) is 6.61 Å². The van der Waals surface area contributed by atoms with E-state index in [9.17, 15) is 0 Å². The average Bonchev–Trinajstić information content (AvgIpc) is 2.37. The maximum absolute atomic E-state index is 5.85. The highest BCUT2D eigenvalue weighted by atomic mass is 16.5. The lowest BCUT2D eigenvalue weighted by molar-refractivity contribution is 0.0504. The lowest BCUT2D eigenvalue weighted by atomic mass is 9.97. The van der Waals surface area contributed by atoms with Crippen molar-refractivity contribution in [3.8, 4) is 0 Å². The largest absolute Gasteiger partial charge is 0.374 e. The van der Waals surface area contributed by atoms with Crippen LogP contribution in [0, 0.1) is 0 Å². The quantitative estimate of drug-likeness (QED) is 0.392. The molecular formula is C17H30O.